The van der Waals surface area contributed by atoms with Gasteiger partial charge in [0.25, 0.3) is 0 Å². The molecule has 0 bridgehead atoms. The molecule has 27 heavy (non-hydrogen) atoms. The van der Waals surface area contributed by atoms with Crippen LogP contribution in [0.4, 0.5) is 5.69 Å². The molecule has 1 atom stereocenters. The Labute approximate surface area is 158 Å². The molecule has 140 valence electrons. The van der Waals surface area contributed by atoms with Crippen molar-refractivity contribution in [1.82, 2.24) is 5.32 Å². The molecule has 1 N–H and O–H groups in total. The molecule has 2 amide bonds. The molecule has 6 heteroatoms. The minimum absolute atomic E-state index is 0.0109. The number of rotatable bonds is 4. The number of nitrogens with zero attached hydrogens (tertiary/aromatic N) is 1. The first kappa shape index (κ1) is 17.4. The number of nitrogens with one attached hydrogen (secondary N) is 1. The highest BCUT2D eigenvalue weighted by Crippen LogP contribution is 2.32. The van der Waals surface area contributed by atoms with Crippen molar-refractivity contribution in [3.05, 3.63) is 53.1 Å². The summed E-state index contributed by atoms with van der Waals surface area (Å²) < 4.78 is 10.6. The molecule has 1 unspecified atom stereocenters. The average molecular weight is 366 g/mol. The molecule has 1 saturated heterocycles. The summed E-state index contributed by atoms with van der Waals surface area (Å²) in [4.78, 5) is 26.7. The molecule has 2 aromatic carbocycles. The monoisotopic (exact) mass is 366 g/mol. The van der Waals surface area contributed by atoms with Crippen molar-refractivity contribution in [3.63, 3.8) is 0 Å². The van der Waals surface area contributed by atoms with Crippen LogP contribution in [0.5, 0.6) is 11.5 Å². The second-order valence-corrected chi connectivity index (χ2v) is 7.16. The highest BCUT2D eigenvalue weighted by atomic mass is 16.7. The van der Waals surface area contributed by atoms with Crippen molar-refractivity contribution in [3.8, 4) is 11.5 Å². The van der Waals surface area contributed by atoms with Gasteiger partial charge in [-0.1, -0.05) is 12.1 Å². The number of anilines is 1. The maximum atomic E-state index is 12.6. The lowest BCUT2D eigenvalue weighted by molar-refractivity contribution is -0.126. The van der Waals surface area contributed by atoms with Crippen LogP contribution in [0.2, 0.25) is 0 Å². The maximum absolute atomic E-state index is 12.6. The minimum atomic E-state index is -0.340. The Hall–Kier alpha value is -3.02. The van der Waals surface area contributed by atoms with E-state index in [4.69, 9.17) is 9.47 Å². The standard InChI is InChI=1S/C21H22N2O4/c1-13-5-14(2)7-17(6-13)23-11-16(9-20(23)24)21(25)22-10-15-3-4-18-19(8-15)27-12-26-18/h3-8,16H,9-12H2,1-2H3,(H,22,25). The zero-order valence-electron chi connectivity index (χ0n) is 15.5. The van der Waals surface area contributed by atoms with E-state index in [0.717, 1.165) is 28.1 Å². The molecule has 0 saturated carbocycles. The molecule has 0 aliphatic carbocycles. The van der Waals surface area contributed by atoms with E-state index in [-0.39, 0.29) is 30.9 Å². The Morgan fingerprint density at radius 1 is 1.11 bits per heavy atom. The Morgan fingerprint density at radius 3 is 2.63 bits per heavy atom. The van der Waals surface area contributed by atoms with Gasteiger partial charge in [-0.05, 0) is 54.8 Å². The number of hydrogen-bond donors (Lipinski definition) is 1. The number of aryl methyl sites for hydroxylation is 2. The van der Waals surface area contributed by atoms with Crippen LogP contribution in [0.1, 0.15) is 23.1 Å². The minimum Gasteiger partial charge on any atom is -0.454 e. The molecular weight excluding hydrogens is 344 g/mol. The summed E-state index contributed by atoms with van der Waals surface area (Å²) in [5, 5.41) is 2.93. The second-order valence-electron chi connectivity index (χ2n) is 7.16. The number of carbonyl (C=O) groups excluding carboxylic acids is 2. The Bertz CT molecular complexity index is 889. The van der Waals surface area contributed by atoms with E-state index in [0.29, 0.717) is 18.8 Å². The summed E-state index contributed by atoms with van der Waals surface area (Å²) in [5.41, 5.74) is 4.01. The fourth-order valence-corrected chi connectivity index (χ4v) is 3.62. The normalized spacial score (nSPS) is 18.1. The van der Waals surface area contributed by atoms with E-state index < -0.39 is 0 Å². The molecule has 2 aliphatic heterocycles. The fraction of sp³-hybridized carbons (Fsp3) is 0.333. The van der Waals surface area contributed by atoms with Crippen LogP contribution in [0.3, 0.4) is 0 Å². The SMILES string of the molecule is Cc1cc(C)cc(N2CC(C(=O)NCc3ccc4c(c3)OCO4)CC2=O)c1. The molecule has 6 nitrogen and oxygen atoms in total. The molecule has 2 heterocycles. The van der Waals surface area contributed by atoms with E-state index in [9.17, 15) is 9.59 Å². The van der Waals surface area contributed by atoms with Crippen LogP contribution < -0.4 is 19.7 Å². The lowest BCUT2D eigenvalue weighted by Crippen LogP contribution is -2.32. The number of hydrogen-bond acceptors (Lipinski definition) is 4. The molecule has 1 fully saturated rings. The van der Waals surface area contributed by atoms with Gasteiger partial charge in [-0.15, -0.1) is 0 Å². The van der Waals surface area contributed by atoms with Crippen molar-refractivity contribution in [2.75, 3.05) is 18.2 Å². The maximum Gasteiger partial charge on any atom is 0.231 e. The highest BCUT2D eigenvalue weighted by Gasteiger charge is 2.35. The molecular formula is C21H22N2O4. The topological polar surface area (TPSA) is 67.9 Å². The number of fused-ring (bicyclic) bond motifs is 1. The van der Waals surface area contributed by atoms with Gasteiger partial charge in [0.15, 0.2) is 11.5 Å². The summed E-state index contributed by atoms with van der Waals surface area (Å²) in [6, 6.07) is 11.6. The van der Waals surface area contributed by atoms with Crippen molar-refractivity contribution < 1.29 is 19.1 Å². The van der Waals surface area contributed by atoms with Crippen LogP contribution in [-0.4, -0.2) is 25.2 Å². The number of benzene rings is 2. The van der Waals surface area contributed by atoms with E-state index in [2.05, 4.69) is 11.4 Å². The van der Waals surface area contributed by atoms with E-state index >= 15 is 0 Å². The predicted molar refractivity (Wildman–Crippen MR) is 101 cm³/mol. The van der Waals surface area contributed by atoms with Gasteiger partial charge in [0.2, 0.25) is 18.6 Å². The van der Waals surface area contributed by atoms with Gasteiger partial charge in [-0.3, -0.25) is 9.59 Å². The van der Waals surface area contributed by atoms with Gasteiger partial charge in [0.1, 0.15) is 0 Å². The van der Waals surface area contributed by atoms with E-state index in [1.165, 1.54) is 0 Å². The zero-order chi connectivity index (χ0) is 19.0. The van der Waals surface area contributed by atoms with Gasteiger partial charge < -0.3 is 19.7 Å². The van der Waals surface area contributed by atoms with E-state index in [1.54, 1.807) is 4.90 Å². The summed E-state index contributed by atoms with van der Waals surface area (Å²) in [6.07, 6.45) is 0.236. The van der Waals surface area contributed by atoms with Crippen LogP contribution in [0.15, 0.2) is 36.4 Å². The summed E-state index contributed by atoms with van der Waals surface area (Å²) >= 11 is 0. The smallest absolute Gasteiger partial charge is 0.231 e. The van der Waals surface area contributed by atoms with Crippen LogP contribution in [0, 0.1) is 19.8 Å². The third-order valence-electron chi connectivity index (χ3n) is 4.92. The largest absolute Gasteiger partial charge is 0.454 e. The van der Waals surface area contributed by atoms with Gasteiger partial charge in [-0.25, -0.2) is 0 Å². The van der Waals surface area contributed by atoms with Crippen molar-refractivity contribution >= 4 is 17.5 Å². The third-order valence-corrected chi connectivity index (χ3v) is 4.92. The molecule has 2 aliphatic rings. The van der Waals surface area contributed by atoms with Crippen LogP contribution >= 0.6 is 0 Å². The lowest BCUT2D eigenvalue weighted by atomic mass is 10.1. The first-order chi connectivity index (χ1) is 13.0. The van der Waals surface area contributed by atoms with Crippen molar-refractivity contribution in [2.45, 2.75) is 26.8 Å². The first-order valence-electron chi connectivity index (χ1n) is 9.04. The molecule has 0 spiro atoms. The molecule has 4 rings (SSSR count). The second kappa shape index (κ2) is 6.95. The van der Waals surface area contributed by atoms with Gasteiger partial charge in [-0.2, -0.15) is 0 Å². The Kier molecular flexibility index (Phi) is 4.48. The fourth-order valence-electron chi connectivity index (χ4n) is 3.62. The summed E-state index contributed by atoms with van der Waals surface area (Å²) in [6.45, 7) is 5.04. The van der Waals surface area contributed by atoms with Crippen molar-refractivity contribution in [2.24, 2.45) is 5.92 Å². The van der Waals surface area contributed by atoms with Crippen LogP contribution in [-0.2, 0) is 16.1 Å². The highest BCUT2D eigenvalue weighted by molar-refractivity contribution is 6.00. The zero-order valence-corrected chi connectivity index (χ0v) is 15.5. The van der Waals surface area contributed by atoms with E-state index in [1.807, 2.05) is 44.2 Å². The predicted octanol–water partition coefficient (Wildman–Crippen LogP) is 2.70. The number of amides is 2. The Morgan fingerprint density at radius 2 is 1.85 bits per heavy atom. The molecule has 2 aromatic rings. The van der Waals surface area contributed by atoms with Crippen LogP contribution in [0.25, 0.3) is 0 Å². The van der Waals surface area contributed by atoms with Crippen molar-refractivity contribution in [1.29, 1.82) is 0 Å². The molecule has 0 radical (unpaired) electrons. The summed E-state index contributed by atoms with van der Waals surface area (Å²) in [7, 11) is 0. The van der Waals surface area contributed by atoms with Gasteiger partial charge in [0.05, 0.1) is 5.92 Å². The lowest BCUT2D eigenvalue weighted by Gasteiger charge is -2.18. The molecule has 0 aromatic heterocycles. The quantitative estimate of drug-likeness (QED) is 0.903. The number of carbonyl (C=O) groups is 2. The third kappa shape index (κ3) is 3.60. The first-order valence-corrected chi connectivity index (χ1v) is 9.04. The van der Waals surface area contributed by atoms with Gasteiger partial charge in [0, 0.05) is 25.2 Å². The number of ether oxygens (including phenoxy) is 2. The average Bonchev–Trinajstić information content (AvgIpc) is 3.24. The Balaban J connectivity index is 1.39. The summed E-state index contributed by atoms with van der Waals surface area (Å²) in [5.74, 6) is 0.956. The van der Waals surface area contributed by atoms with Gasteiger partial charge >= 0.3 is 0 Å².